The molecule has 0 radical (unpaired) electrons. The predicted octanol–water partition coefficient (Wildman–Crippen LogP) is 5.02. The minimum Gasteiger partial charge on any atom is -0.457 e. The van der Waals surface area contributed by atoms with Crippen molar-refractivity contribution in [1.29, 1.82) is 0 Å². The summed E-state index contributed by atoms with van der Waals surface area (Å²) in [7, 11) is 0. The van der Waals surface area contributed by atoms with Gasteiger partial charge in [0.2, 0.25) is 5.78 Å². The fourth-order valence-electron chi connectivity index (χ4n) is 8.72. The number of ether oxygens (including phenoxy) is 1. The first-order chi connectivity index (χ1) is 19.5. The summed E-state index contributed by atoms with van der Waals surface area (Å²) in [4.78, 5) is 38.2. The van der Waals surface area contributed by atoms with Crippen molar-refractivity contribution in [3.8, 4) is 11.1 Å². The van der Waals surface area contributed by atoms with E-state index in [1.807, 2.05) is 67.6 Å². The van der Waals surface area contributed by atoms with Gasteiger partial charge < -0.3 is 14.9 Å². The quantitative estimate of drug-likeness (QED) is 0.487. The Morgan fingerprint density at radius 3 is 2.44 bits per heavy atom. The molecule has 6 heteroatoms. The zero-order valence-electron chi connectivity index (χ0n) is 23.7. The van der Waals surface area contributed by atoms with Crippen LogP contribution in [0, 0.1) is 28.6 Å². The second-order valence-corrected chi connectivity index (χ2v) is 12.9. The number of carbonyl (C=O) groups excluding carboxylic acids is 3. The molecule has 0 saturated heterocycles. The maximum Gasteiger partial charge on any atom is 0.310 e. The summed E-state index contributed by atoms with van der Waals surface area (Å²) < 4.78 is 5.40. The number of aliphatic hydroxyl groups is 2. The van der Waals surface area contributed by atoms with E-state index in [0.717, 1.165) is 35.1 Å². The molecule has 0 spiro atoms. The number of benzene rings is 2. The highest BCUT2D eigenvalue weighted by Gasteiger charge is 2.68. The summed E-state index contributed by atoms with van der Waals surface area (Å²) in [5.74, 6) is -0.929. The molecule has 3 saturated carbocycles. The van der Waals surface area contributed by atoms with E-state index < -0.39 is 40.9 Å². The van der Waals surface area contributed by atoms with Crippen molar-refractivity contribution in [1.82, 2.24) is 0 Å². The molecule has 0 bridgehead atoms. The van der Waals surface area contributed by atoms with Crippen LogP contribution >= 0.6 is 0 Å². The first-order valence-electron chi connectivity index (χ1n) is 14.7. The average molecular weight is 555 g/mol. The molecule has 2 aromatic rings. The van der Waals surface area contributed by atoms with Crippen LogP contribution in [0.5, 0.6) is 0 Å². The fourth-order valence-corrected chi connectivity index (χ4v) is 8.72. The lowest BCUT2D eigenvalue weighted by Crippen LogP contribution is -2.61. The minimum atomic E-state index is -1.67. The van der Waals surface area contributed by atoms with Gasteiger partial charge in [0, 0.05) is 16.7 Å². The largest absolute Gasteiger partial charge is 0.457 e. The van der Waals surface area contributed by atoms with E-state index in [2.05, 4.69) is 6.92 Å². The number of carbonyl (C=O) groups is 3. The lowest BCUT2D eigenvalue weighted by Gasteiger charge is -2.59. The van der Waals surface area contributed by atoms with Gasteiger partial charge in [0.25, 0.3) is 0 Å². The Kier molecular flexibility index (Phi) is 6.90. The van der Waals surface area contributed by atoms with Crippen LogP contribution < -0.4 is 0 Å². The summed E-state index contributed by atoms with van der Waals surface area (Å²) in [5.41, 5.74) is 1.10. The molecule has 0 heterocycles. The number of Topliss-reactive ketones (excluding diaryl/α,β-unsaturated/α-hetero) is 1. The van der Waals surface area contributed by atoms with Gasteiger partial charge in [-0.1, -0.05) is 80.1 Å². The number of allylic oxidation sites excluding steroid dienone is 4. The SMILES string of the molecule is CC12C=CC(=O)C=C1CCC1C2C(O)CC2(C)C1CC[C@]2(O)C(=O)COC(=O)Cc1ccc(-c2ccccc2)cc1. The first-order valence-corrected chi connectivity index (χ1v) is 14.7. The number of ketones is 2. The summed E-state index contributed by atoms with van der Waals surface area (Å²) >= 11 is 0. The van der Waals surface area contributed by atoms with Gasteiger partial charge in [-0.3, -0.25) is 14.4 Å². The van der Waals surface area contributed by atoms with E-state index in [0.29, 0.717) is 6.42 Å². The normalized spacial score (nSPS) is 35.6. The molecule has 6 rings (SSSR count). The van der Waals surface area contributed by atoms with E-state index in [1.165, 1.54) is 0 Å². The van der Waals surface area contributed by atoms with Crippen LogP contribution in [0.25, 0.3) is 11.1 Å². The Bertz CT molecular complexity index is 1420. The standard InChI is InChI=1S/C35H38O6/c1-33-16-14-26(36)19-25(33)12-13-27-28-15-17-35(40,34(28,2)20-29(37)32(27)33)30(38)21-41-31(39)18-22-8-10-24(11-9-22)23-6-4-3-5-7-23/h3-11,14,16,19,27-29,32,37,40H,12-13,15,17-18,20-21H2,1-2H3/t27?,28?,29?,32?,33?,34?,35-/m0/s1. The molecule has 3 fully saturated rings. The van der Waals surface area contributed by atoms with Gasteiger partial charge in [-0.05, 0) is 72.8 Å². The Balaban J connectivity index is 1.12. The molecule has 214 valence electrons. The third-order valence-corrected chi connectivity index (χ3v) is 10.9. The molecule has 0 amide bonds. The molecule has 7 atom stereocenters. The molecule has 2 N–H and O–H groups in total. The van der Waals surface area contributed by atoms with E-state index in [4.69, 9.17) is 4.74 Å². The molecular weight excluding hydrogens is 516 g/mol. The van der Waals surface area contributed by atoms with Crippen molar-refractivity contribution in [2.24, 2.45) is 28.6 Å². The number of hydrogen-bond donors (Lipinski definition) is 2. The molecule has 0 aliphatic heterocycles. The summed E-state index contributed by atoms with van der Waals surface area (Å²) in [6.45, 7) is 3.54. The molecule has 4 aliphatic rings. The van der Waals surface area contributed by atoms with Gasteiger partial charge in [0.1, 0.15) is 5.60 Å². The summed E-state index contributed by atoms with van der Waals surface area (Å²) in [5, 5.41) is 23.4. The zero-order valence-corrected chi connectivity index (χ0v) is 23.7. The molecular formula is C35H38O6. The highest BCUT2D eigenvalue weighted by atomic mass is 16.5. The number of rotatable bonds is 6. The van der Waals surface area contributed by atoms with Gasteiger partial charge >= 0.3 is 5.97 Å². The minimum absolute atomic E-state index is 0.00866. The lowest BCUT2D eigenvalue weighted by atomic mass is 9.46. The molecule has 4 aliphatic carbocycles. The third kappa shape index (κ3) is 4.52. The summed E-state index contributed by atoms with van der Waals surface area (Å²) in [6, 6.07) is 17.6. The predicted molar refractivity (Wildman–Crippen MR) is 155 cm³/mol. The highest BCUT2D eigenvalue weighted by molar-refractivity contribution is 6.01. The van der Waals surface area contributed by atoms with Gasteiger partial charge in [0.15, 0.2) is 12.4 Å². The average Bonchev–Trinajstić information content (AvgIpc) is 3.23. The van der Waals surface area contributed by atoms with Gasteiger partial charge in [-0.15, -0.1) is 0 Å². The van der Waals surface area contributed by atoms with Gasteiger partial charge in [-0.25, -0.2) is 0 Å². The van der Waals surface area contributed by atoms with Gasteiger partial charge in [-0.2, -0.15) is 0 Å². The molecule has 6 nitrogen and oxygen atoms in total. The van der Waals surface area contributed by atoms with Crippen LogP contribution in [0.1, 0.15) is 51.5 Å². The van der Waals surface area contributed by atoms with Crippen LogP contribution in [-0.2, 0) is 25.5 Å². The van der Waals surface area contributed by atoms with E-state index in [1.54, 1.807) is 12.2 Å². The second-order valence-electron chi connectivity index (χ2n) is 12.9. The Hall–Kier alpha value is -3.35. The lowest BCUT2D eigenvalue weighted by molar-refractivity contribution is -0.181. The van der Waals surface area contributed by atoms with Crippen molar-refractivity contribution < 1.29 is 29.3 Å². The van der Waals surface area contributed by atoms with Gasteiger partial charge in [0.05, 0.1) is 12.5 Å². The van der Waals surface area contributed by atoms with Crippen molar-refractivity contribution in [3.63, 3.8) is 0 Å². The topological polar surface area (TPSA) is 101 Å². The van der Waals surface area contributed by atoms with Crippen molar-refractivity contribution >= 4 is 17.5 Å². The molecule has 6 unspecified atom stereocenters. The van der Waals surface area contributed by atoms with E-state index >= 15 is 0 Å². The first kappa shape index (κ1) is 27.8. The maximum atomic E-state index is 13.5. The summed E-state index contributed by atoms with van der Waals surface area (Å²) in [6.07, 6.45) is 7.41. The van der Waals surface area contributed by atoms with Crippen LogP contribution in [0.2, 0.25) is 0 Å². The van der Waals surface area contributed by atoms with E-state index in [9.17, 15) is 24.6 Å². The Morgan fingerprint density at radius 1 is 1.00 bits per heavy atom. The van der Waals surface area contributed by atoms with Crippen molar-refractivity contribution in [3.05, 3.63) is 84.0 Å². The Labute approximate surface area is 241 Å². The van der Waals surface area contributed by atoms with Crippen LogP contribution in [0.15, 0.2) is 78.4 Å². The maximum absolute atomic E-state index is 13.5. The zero-order chi connectivity index (χ0) is 29.0. The van der Waals surface area contributed by atoms with Crippen LogP contribution in [-0.4, -0.2) is 46.1 Å². The smallest absolute Gasteiger partial charge is 0.310 e. The molecule has 2 aromatic carbocycles. The fraction of sp³-hybridized carbons (Fsp3) is 0.457. The Morgan fingerprint density at radius 2 is 1.71 bits per heavy atom. The van der Waals surface area contributed by atoms with Crippen molar-refractivity contribution in [2.75, 3.05) is 6.61 Å². The number of hydrogen-bond acceptors (Lipinski definition) is 6. The second kappa shape index (κ2) is 10.2. The highest BCUT2D eigenvalue weighted by Crippen LogP contribution is 2.67. The number of fused-ring (bicyclic) bond motifs is 5. The van der Waals surface area contributed by atoms with Crippen molar-refractivity contribution in [2.45, 2.75) is 64.1 Å². The molecule has 41 heavy (non-hydrogen) atoms. The monoisotopic (exact) mass is 554 g/mol. The number of esters is 1. The van der Waals surface area contributed by atoms with Crippen LogP contribution in [0.4, 0.5) is 0 Å². The van der Waals surface area contributed by atoms with Crippen LogP contribution in [0.3, 0.4) is 0 Å². The molecule has 0 aromatic heterocycles. The van der Waals surface area contributed by atoms with E-state index in [-0.39, 0.29) is 42.8 Å². The number of aliphatic hydroxyl groups excluding tert-OH is 1. The third-order valence-electron chi connectivity index (χ3n) is 10.9.